The zero-order chi connectivity index (χ0) is 9.30. The van der Waals surface area contributed by atoms with Crippen molar-refractivity contribution in [3.8, 4) is 0 Å². The zero-order valence-corrected chi connectivity index (χ0v) is 7.78. The Morgan fingerprint density at radius 1 is 1.58 bits per heavy atom. The summed E-state index contributed by atoms with van der Waals surface area (Å²) in [6.07, 6.45) is -2.73. The molecule has 0 amide bonds. The van der Waals surface area contributed by atoms with Gasteiger partial charge < -0.3 is 4.98 Å². The molecule has 0 atom stereocenters. The molecule has 66 valence electrons. The molecule has 1 aromatic rings. The van der Waals surface area contributed by atoms with Gasteiger partial charge in [-0.2, -0.15) is 0 Å². The third-order valence-electron chi connectivity index (χ3n) is 1.44. The summed E-state index contributed by atoms with van der Waals surface area (Å²) in [6.45, 7) is 1.63. The summed E-state index contributed by atoms with van der Waals surface area (Å²) in [7, 11) is 0. The molecule has 5 heteroatoms. The predicted octanol–water partition coefficient (Wildman–Crippen LogP) is 2.38. The van der Waals surface area contributed by atoms with E-state index in [-0.39, 0.29) is 0 Å². The molecule has 0 unspecified atom stereocenters. The van der Waals surface area contributed by atoms with E-state index >= 15 is 0 Å². The van der Waals surface area contributed by atoms with Crippen molar-refractivity contribution < 1.29 is 8.78 Å². The maximum Gasteiger partial charge on any atom is 0.269 e. The third-order valence-corrected chi connectivity index (χ3v) is 2.26. The first-order valence-corrected chi connectivity index (χ1v) is 3.99. The number of aryl methyl sites for hydroxylation is 1. The van der Waals surface area contributed by atoms with Gasteiger partial charge in [0.25, 0.3) is 12.0 Å². The van der Waals surface area contributed by atoms with Crippen LogP contribution in [0.15, 0.2) is 15.3 Å². The highest BCUT2D eigenvalue weighted by atomic mass is 79.9. The number of alkyl halides is 2. The van der Waals surface area contributed by atoms with Gasteiger partial charge in [0.1, 0.15) is 0 Å². The van der Waals surface area contributed by atoms with Crippen molar-refractivity contribution in [1.29, 1.82) is 0 Å². The highest BCUT2D eigenvalue weighted by molar-refractivity contribution is 9.10. The maximum absolute atomic E-state index is 12.1. The molecule has 0 aromatic carbocycles. The van der Waals surface area contributed by atoms with E-state index in [0.29, 0.717) is 10.2 Å². The summed E-state index contributed by atoms with van der Waals surface area (Å²) in [6, 6.07) is 1.14. The molecule has 12 heavy (non-hydrogen) atoms. The van der Waals surface area contributed by atoms with Crippen LogP contribution in [-0.4, -0.2) is 4.98 Å². The lowest BCUT2D eigenvalue weighted by Crippen LogP contribution is -2.13. The van der Waals surface area contributed by atoms with Crippen LogP contribution in [0.3, 0.4) is 0 Å². The van der Waals surface area contributed by atoms with Gasteiger partial charge in [-0.3, -0.25) is 4.79 Å². The lowest BCUT2D eigenvalue weighted by atomic mass is 10.2. The second-order valence-corrected chi connectivity index (χ2v) is 3.18. The van der Waals surface area contributed by atoms with Crippen LogP contribution in [0.2, 0.25) is 0 Å². The molecule has 0 fully saturated rings. The van der Waals surface area contributed by atoms with E-state index in [4.69, 9.17) is 0 Å². The van der Waals surface area contributed by atoms with Crippen LogP contribution < -0.4 is 5.56 Å². The molecule has 1 rings (SSSR count). The summed E-state index contributed by atoms with van der Waals surface area (Å²) >= 11 is 3.05. The van der Waals surface area contributed by atoms with Crippen molar-refractivity contribution in [2.24, 2.45) is 0 Å². The number of aromatic amines is 1. The van der Waals surface area contributed by atoms with Crippen molar-refractivity contribution in [2.45, 2.75) is 13.3 Å². The van der Waals surface area contributed by atoms with Crippen molar-refractivity contribution in [3.05, 3.63) is 32.2 Å². The standard InChI is InChI=1S/C7H6BrF2NO/c1-3-5(8)2-4(6(9)10)7(12)11-3/h2,6H,1H3,(H,11,12). The van der Waals surface area contributed by atoms with Gasteiger partial charge in [-0.1, -0.05) is 0 Å². The second-order valence-electron chi connectivity index (χ2n) is 2.33. The van der Waals surface area contributed by atoms with E-state index < -0.39 is 17.5 Å². The molecule has 0 radical (unpaired) electrons. The zero-order valence-electron chi connectivity index (χ0n) is 6.20. The van der Waals surface area contributed by atoms with Crippen molar-refractivity contribution in [2.75, 3.05) is 0 Å². The Morgan fingerprint density at radius 3 is 2.67 bits per heavy atom. The van der Waals surface area contributed by atoms with Crippen LogP contribution in [-0.2, 0) is 0 Å². The molecule has 1 aromatic heterocycles. The van der Waals surface area contributed by atoms with E-state index in [1.54, 1.807) is 6.92 Å². The van der Waals surface area contributed by atoms with Gasteiger partial charge in [0.05, 0.1) is 5.56 Å². The lowest BCUT2D eigenvalue weighted by Gasteiger charge is -2.01. The average Bonchev–Trinajstić information content (AvgIpc) is 1.96. The summed E-state index contributed by atoms with van der Waals surface area (Å²) in [4.78, 5) is 13.2. The first-order valence-electron chi connectivity index (χ1n) is 3.20. The van der Waals surface area contributed by atoms with Crippen LogP contribution in [0, 0.1) is 6.92 Å². The van der Waals surface area contributed by atoms with Crippen LogP contribution in [0.1, 0.15) is 17.7 Å². The molecule has 0 aliphatic heterocycles. The smallest absolute Gasteiger partial charge is 0.269 e. The Balaban J connectivity index is 3.33. The van der Waals surface area contributed by atoms with Gasteiger partial charge in [-0.05, 0) is 28.9 Å². The van der Waals surface area contributed by atoms with Gasteiger partial charge >= 0.3 is 0 Å². The van der Waals surface area contributed by atoms with Gasteiger partial charge in [-0.25, -0.2) is 8.78 Å². The first kappa shape index (κ1) is 9.38. The highest BCUT2D eigenvalue weighted by Gasteiger charge is 2.13. The first-order chi connectivity index (χ1) is 5.52. The Hall–Kier alpha value is -0.710. The fourth-order valence-corrected chi connectivity index (χ4v) is 1.12. The van der Waals surface area contributed by atoms with Crippen LogP contribution in [0.25, 0.3) is 0 Å². The largest absolute Gasteiger partial charge is 0.325 e. The van der Waals surface area contributed by atoms with E-state index in [1.165, 1.54) is 0 Å². The predicted molar refractivity (Wildman–Crippen MR) is 44.5 cm³/mol. The van der Waals surface area contributed by atoms with Crippen LogP contribution >= 0.6 is 15.9 Å². The van der Waals surface area contributed by atoms with E-state index in [1.807, 2.05) is 0 Å². The molecule has 0 saturated carbocycles. The molecular formula is C7H6BrF2NO. The van der Waals surface area contributed by atoms with Gasteiger partial charge in [-0.15, -0.1) is 0 Å². The van der Waals surface area contributed by atoms with Gasteiger partial charge in [0.2, 0.25) is 0 Å². The second kappa shape index (κ2) is 3.35. The van der Waals surface area contributed by atoms with E-state index in [9.17, 15) is 13.6 Å². The SMILES string of the molecule is Cc1[nH]c(=O)c(C(F)F)cc1Br. The highest BCUT2D eigenvalue weighted by Crippen LogP contribution is 2.19. The fraction of sp³-hybridized carbons (Fsp3) is 0.286. The van der Waals surface area contributed by atoms with Crippen molar-refractivity contribution in [3.63, 3.8) is 0 Å². The molecule has 1 N–H and O–H groups in total. The average molecular weight is 238 g/mol. The Kier molecular flexibility index (Phi) is 2.62. The molecule has 0 saturated heterocycles. The van der Waals surface area contributed by atoms with Crippen molar-refractivity contribution in [1.82, 2.24) is 4.98 Å². The Labute approximate surface area is 75.7 Å². The normalized spacial score (nSPS) is 10.8. The molecule has 0 spiro atoms. The molecule has 1 heterocycles. The lowest BCUT2D eigenvalue weighted by molar-refractivity contribution is 0.149. The summed E-state index contributed by atoms with van der Waals surface area (Å²) in [5.41, 5.74) is -0.692. The minimum atomic E-state index is -2.73. The number of hydrogen-bond donors (Lipinski definition) is 1. The number of nitrogens with one attached hydrogen (secondary N) is 1. The number of hydrogen-bond acceptors (Lipinski definition) is 1. The topological polar surface area (TPSA) is 32.9 Å². The number of halogens is 3. The van der Waals surface area contributed by atoms with Gasteiger partial charge in [0.15, 0.2) is 0 Å². The molecule has 2 nitrogen and oxygen atoms in total. The van der Waals surface area contributed by atoms with Gasteiger partial charge in [0, 0.05) is 10.2 Å². The maximum atomic E-state index is 12.1. The third kappa shape index (κ3) is 1.72. The minimum absolute atomic E-state index is 0.484. The molecule has 0 aliphatic rings. The Bertz CT molecular complexity index is 348. The van der Waals surface area contributed by atoms with Crippen LogP contribution in [0.4, 0.5) is 8.78 Å². The molecular weight excluding hydrogens is 232 g/mol. The Morgan fingerprint density at radius 2 is 2.17 bits per heavy atom. The summed E-state index contributed by atoms with van der Waals surface area (Å²) < 4.78 is 24.7. The van der Waals surface area contributed by atoms with Crippen molar-refractivity contribution >= 4 is 15.9 Å². The van der Waals surface area contributed by atoms with E-state index in [2.05, 4.69) is 20.9 Å². The number of aromatic nitrogens is 1. The number of H-pyrrole nitrogens is 1. The molecule has 0 aliphatic carbocycles. The van der Waals surface area contributed by atoms with Crippen LogP contribution in [0.5, 0.6) is 0 Å². The quantitative estimate of drug-likeness (QED) is 0.800. The number of rotatable bonds is 1. The minimum Gasteiger partial charge on any atom is -0.325 e. The fourth-order valence-electron chi connectivity index (χ4n) is 0.775. The summed E-state index contributed by atoms with van der Waals surface area (Å²) in [5, 5.41) is 0. The number of pyridine rings is 1. The summed E-state index contributed by atoms with van der Waals surface area (Å²) in [5.74, 6) is 0. The van der Waals surface area contributed by atoms with E-state index in [0.717, 1.165) is 6.07 Å². The monoisotopic (exact) mass is 237 g/mol. The molecule has 0 bridgehead atoms.